The van der Waals surface area contributed by atoms with Gasteiger partial charge < -0.3 is 29.2 Å². The normalized spacial score (nSPS) is 19.5. The van der Waals surface area contributed by atoms with Gasteiger partial charge in [0, 0.05) is 63.2 Å². The number of imidazole rings is 1. The Morgan fingerprint density at radius 2 is 1.85 bits per heavy atom. The van der Waals surface area contributed by atoms with Crippen LogP contribution in [0.1, 0.15) is 37.3 Å². The molecular weight excluding hydrogens is 684 g/mol. The minimum absolute atomic E-state index is 0.0640. The van der Waals surface area contributed by atoms with Gasteiger partial charge in [0.1, 0.15) is 47.4 Å². The summed E-state index contributed by atoms with van der Waals surface area (Å²) >= 11 is 0. The number of benzene rings is 2. The van der Waals surface area contributed by atoms with E-state index in [2.05, 4.69) is 19.9 Å². The number of nitrogens with zero attached hydrogens (tertiary/aromatic N) is 10. The summed E-state index contributed by atoms with van der Waals surface area (Å²) in [5.41, 5.74) is 3.54. The average molecular weight is 722 g/mol. The Hall–Kier alpha value is -5.77. The molecule has 14 nitrogen and oxygen atoms in total. The fraction of sp³-hybridized carbons (Fsp3) is 0.378. The van der Waals surface area contributed by atoms with Crippen LogP contribution in [0.5, 0.6) is 5.75 Å². The third kappa shape index (κ3) is 6.05. The lowest BCUT2D eigenvalue weighted by Gasteiger charge is -2.29. The van der Waals surface area contributed by atoms with E-state index >= 15 is 0 Å². The minimum atomic E-state index is -0.596. The molecular formula is C37H37F2N11O3. The van der Waals surface area contributed by atoms with Crippen LogP contribution in [0.3, 0.4) is 0 Å². The molecule has 2 atom stereocenters. The van der Waals surface area contributed by atoms with Crippen molar-refractivity contribution in [3.63, 3.8) is 0 Å². The summed E-state index contributed by atoms with van der Waals surface area (Å²) in [5.74, 6) is 1.53. The highest BCUT2D eigenvalue weighted by Crippen LogP contribution is 2.36. The van der Waals surface area contributed by atoms with Gasteiger partial charge in [-0.1, -0.05) is 0 Å². The first kappa shape index (κ1) is 33.1. The van der Waals surface area contributed by atoms with Gasteiger partial charge in [-0.15, -0.1) is 0 Å². The summed E-state index contributed by atoms with van der Waals surface area (Å²) in [6, 6.07) is 8.17. The number of anilines is 2. The van der Waals surface area contributed by atoms with Crippen LogP contribution in [-0.4, -0.2) is 95.5 Å². The number of likely N-dealkylation sites (N-methyl/N-ethyl adjacent to an activating group) is 1. The SMILES string of the molecule is Cc1nc2cc(F)cc3c2n1CCCN(C)C(=O)[C@@H]1C[C@@H](CN1c1nc2nc4c1cnn4-c1ccc(F)cc1OCCCCOC2)Nc1nccc-3n1. The van der Waals surface area contributed by atoms with Crippen LogP contribution < -0.4 is 15.0 Å². The maximum atomic E-state index is 14.9. The number of amides is 1. The molecule has 6 aromatic rings. The zero-order valence-electron chi connectivity index (χ0n) is 29.3. The monoisotopic (exact) mass is 721 g/mol. The van der Waals surface area contributed by atoms with Crippen LogP contribution in [-0.2, 0) is 22.7 Å². The number of ether oxygens (including phenoxy) is 2. The third-order valence-electron chi connectivity index (χ3n) is 10.1. The van der Waals surface area contributed by atoms with E-state index in [0.29, 0.717) is 103 Å². The number of carbonyl (C=O) groups excluding carboxylic acids is 1. The molecule has 1 saturated heterocycles. The second-order valence-corrected chi connectivity index (χ2v) is 13.7. The molecule has 272 valence electrons. The molecule has 4 aromatic heterocycles. The van der Waals surface area contributed by atoms with Gasteiger partial charge in [-0.25, -0.2) is 38.4 Å². The summed E-state index contributed by atoms with van der Waals surface area (Å²) in [4.78, 5) is 42.1. The Morgan fingerprint density at radius 1 is 0.962 bits per heavy atom. The quantitative estimate of drug-likeness (QED) is 0.250. The zero-order valence-corrected chi connectivity index (χ0v) is 29.3. The molecule has 16 heteroatoms. The van der Waals surface area contributed by atoms with Gasteiger partial charge in [0.2, 0.25) is 11.9 Å². The molecule has 0 unspecified atom stereocenters. The van der Waals surface area contributed by atoms with Crippen LogP contribution in [0.25, 0.3) is 39.0 Å². The number of rotatable bonds is 1. The highest BCUT2D eigenvalue weighted by atomic mass is 19.1. The molecule has 3 aliphatic heterocycles. The number of hydrogen-bond donors (Lipinski definition) is 1. The first-order chi connectivity index (χ1) is 25.8. The number of hydrogen-bond acceptors (Lipinski definition) is 11. The van der Waals surface area contributed by atoms with Gasteiger partial charge in [-0.3, -0.25) is 4.79 Å². The van der Waals surface area contributed by atoms with E-state index in [-0.39, 0.29) is 18.6 Å². The van der Waals surface area contributed by atoms with Crippen molar-refractivity contribution in [3.05, 3.63) is 72.1 Å². The van der Waals surface area contributed by atoms with E-state index in [0.717, 1.165) is 24.2 Å². The third-order valence-corrected chi connectivity index (χ3v) is 10.1. The van der Waals surface area contributed by atoms with Crippen LogP contribution in [0, 0.1) is 18.6 Å². The van der Waals surface area contributed by atoms with Gasteiger partial charge in [0.25, 0.3) is 0 Å². The summed E-state index contributed by atoms with van der Waals surface area (Å²) in [6.07, 6.45) is 5.85. The van der Waals surface area contributed by atoms with Crippen LogP contribution in [0.2, 0.25) is 0 Å². The molecule has 6 bridgehead atoms. The van der Waals surface area contributed by atoms with Crippen molar-refractivity contribution in [2.75, 3.05) is 43.6 Å². The fourth-order valence-electron chi connectivity index (χ4n) is 7.65. The number of nitrogens with one attached hydrogen (secondary N) is 1. The van der Waals surface area contributed by atoms with E-state index in [4.69, 9.17) is 29.5 Å². The van der Waals surface area contributed by atoms with Gasteiger partial charge in [-0.2, -0.15) is 5.10 Å². The van der Waals surface area contributed by atoms with Crippen molar-refractivity contribution in [2.45, 2.75) is 57.8 Å². The molecule has 53 heavy (non-hydrogen) atoms. The molecule has 7 heterocycles. The summed E-state index contributed by atoms with van der Waals surface area (Å²) < 4.78 is 45.1. The topological polar surface area (TPSA) is 141 Å². The van der Waals surface area contributed by atoms with Crippen molar-refractivity contribution in [2.24, 2.45) is 0 Å². The maximum Gasteiger partial charge on any atom is 0.245 e. The van der Waals surface area contributed by atoms with Crippen LogP contribution in [0.4, 0.5) is 20.5 Å². The van der Waals surface area contributed by atoms with Crippen LogP contribution in [0.15, 0.2) is 48.8 Å². The van der Waals surface area contributed by atoms with Gasteiger partial charge >= 0.3 is 0 Å². The Morgan fingerprint density at radius 3 is 2.75 bits per heavy atom. The number of carbonyl (C=O) groups is 1. The Balaban J connectivity index is 1.14. The maximum absolute atomic E-state index is 14.9. The average Bonchev–Trinajstić information content (AvgIpc) is 3.85. The molecule has 0 saturated carbocycles. The smallest absolute Gasteiger partial charge is 0.245 e. The van der Waals surface area contributed by atoms with Gasteiger partial charge in [0.15, 0.2) is 11.5 Å². The zero-order chi connectivity index (χ0) is 36.2. The molecule has 1 fully saturated rings. The van der Waals surface area contributed by atoms with E-state index in [1.165, 1.54) is 24.3 Å². The molecule has 1 amide bonds. The van der Waals surface area contributed by atoms with Gasteiger partial charge in [-0.05, 0) is 56.9 Å². The lowest BCUT2D eigenvalue weighted by atomic mass is 10.1. The predicted octanol–water partition coefficient (Wildman–Crippen LogP) is 4.82. The van der Waals surface area contributed by atoms with Gasteiger partial charge in [0.05, 0.1) is 34.9 Å². The lowest BCUT2D eigenvalue weighted by Crippen LogP contribution is -2.45. The van der Waals surface area contributed by atoms with E-state index in [1.54, 1.807) is 34.1 Å². The molecule has 1 N–H and O–H groups in total. The molecule has 9 rings (SSSR count). The molecule has 2 aromatic carbocycles. The molecule has 0 spiro atoms. The highest BCUT2D eigenvalue weighted by molar-refractivity contribution is 5.94. The number of fused-ring (bicyclic) bond motifs is 8. The molecule has 0 radical (unpaired) electrons. The number of halogens is 2. The van der Waals surface area contributed by atoms with Crippen molar-refractivity contribution in [1.82, 2.24) is 44.2 Å². The molecule has 0 aliphatic carbocycles. The Bertz CT molecular complexity index is 2380. The standard InChI is InChI=1S/C37H37F2N11O3/c1-21-42-28-15-23(39)14-25-27-8-9-40-37(44-27)43-24-17-30(36(51)47(2)10-5-11-48(21)33(25)28)49(19-24)34-26-18-41-50-29-7-6-22(38)16-31(29)53-13-4-3-12-52-20-32(45-34)46-35(26)50/h6-9,14-16,18,24,30H,3-5,10-13,17,19-20H2,1-2H3,(H,40,43,44)/t24-,30-/m0/s1. The Kier molecular flexibility index (Phi) is 8.32. The highest BCUT2D eigenvalue weighted by Gasteiger charge is 2.41. The first-order valence-corrected chi connectivity index (χ1v) is 17.8. The minimum Gasteiger partial charge on any atom is -0.491 e. The number of aryl methyl sites for hydroxylation is 2. The van der Waals surface area contributed by atoms with Crippen LogP contribution >= 0.6 is 0 Å². The second-order valence-electron chi connectivity index (χ2n) is 13.7. The largest absolute Gasteiger partial charge is 0.491 e. The first-order valence-electron chi connectivity index (χ1n) is 17.8. The summed E-state index contributed by atoms with van der Waals surface area (Å²) in [5, 5.41) is 8.77. The second kappa shape index (κ2) is 13.3. The molecule has 3 aliphatic rings. The van der Waals surface area contributed by atoms with Crippen molar-refractivity contribution in [3.8, 4) is 22.7 Å². The van der Waals surface area contributed by atoms with Crippen molar-refractivity contribution >= 4 is 39.7 Å². The van der Waals surface area contributed by atoms with Crippen molar-refractivity contribution in [1.29, 1.82) is 0 Å². The lowest BCUT2D eigenvalue weighted by molar-refractivity contribution is -0.131. The summed E-state index contributed by atoms with van der Waals surface area (Å²) in [6.45, 7) is 4.34. The van der Waals surface area contributed by atoms with E-state index in [9.17, 15) is 13.6 Å². The van der Waals surface area contributed by atoms with E-state index in [1.807, 2.05) is 18.9 Å². The predicted molar refractivity (Wildman–Crippen MR) is 192 cm³/mol. The fourth-order valence-corrected chi connectivity index (χ4v) is 7.65. The summed E-state index contributed by atoms with van der Waals surface area (Å²) in [7, 11) is 1.82. The van der Waals surface area contributed by atoms with E-state index < -0.39 is 17.7 Å². The van der Waals surface area contributed by atoms with Crippen molar-refractivity contribution < 1.29 is 23.0 Å². The number of aromatic nitrogens is 8. The Labute approximate surface area is 302 Å².